The summed E-state index contributed by atoms with van der Waals surface area (Å²) in [6.07, 6.45) is 7.84. The lowest BCUT2D eigenvalue weighted by Gasteiger charge is -2.38. The lowest BCUT2D eigenvalue weighted by Crippen LogP contribution is -2.49. The monoisotopic (exact) mass is 282 g/mol. The fourth-order valence-corrected chi connectivity index (χ4v) is 3.59. The maximum Gasteiger partial charge on any atom is 0.224 e. The Kier molecular flexibility index (Phi) is 5.85. The molecule has 2 aliphatic rings. The highest BCUT2D eigenvalue weighted by atomic mass is 16.5. The van der Waals surface area contributed by atoms with Gasteiger partial charge in [-0.15, -0.1) is 0 Å². The van der Waals surface area contributed by atoms with Crippen LogP contribution in [-0.4, -0.2) is 49.7 Å². The molecule has 2 rings (SSSR count). The van der Waals surface area contributed by atoms with Gasteiger partial charge < -0.3 is 15.0 Å². The van der Waals surface area contributed by atoms with Gasteiger partial charge >= 0.3 is 0 Å². The first-order chi connectivity index (χ1) is 9.69. The van der Waals surface area contributed by atoms with Crippen LogP contribution in [0.25, 0.3) is 0 Å². The number of carbonyl (C=O) groups is 1. The van der Waals surface area contributed by atoms with Crippen LogP contribution in [0.5, 0.6) is 0 Å². The summed E-state index contributed by atoms with van der Waals surface area (Å²) in [5.74, 6) is 0.853. The second-order valence-electron chi connectivity index (χ2n) is 6.43. The molecule has 0 aromatic heterocycles. The summed E-state index contributed by atoms with van der Waals surface area (Å²) in [6, 6.07) is 0. The zero-order valence-corrected chi connectivity index (χ0v) is 13.1. The van der Waals surface area contributed by atoms with Gasteiger partial charge in [0.1, 0.15) is 0 Å². The largest absolute Gasteiger partial charge is 0.381 e. The van der Waals surface area contributed by atoms with E-state index in [0.29, 0.717) is 18.2 Å². The van der Waals surface area contributed by atoms with Crippen LogP contribution < -0.4 is 5.32 Å². The van der Waals surface area contributed by atoms with Crippen molar-refractivity contribution in [1.29, 1.82) is 0 Å². The molecule has 1 atom stereocenters. The molecule has 1 N–H and O–H groups in total. The normalized spacial score (nSPS) is 25.6. The first kappa shape index (κ1) is 15.8. The van der Waals surface area contributed by atoms with Gasteiger partial charge in [0.15, 0.2) is 0 Å². The molecule has 1 heterocycles. The van der Waals surface area contributed by atoms with Crippen LogP contribution in [0.1, 0.15) is 51.9 Å². The van der Waals surface area contributed by atoms with Crippen LogP contribution in [0.15, 0.2) is 0 Å². The van der Waals surface area contributed by atoms with Crippen molar-refractivity contribution in [1.82, 2.24) is 10.2 Å². The number of amides is 1. The number of carbonyl (C=O) groups excluding carboxylic acids is 1. The van der Waals surface area contributed by atoms with Crippen molar-refractivity contribution in [2.24, 2.45) is 5.92 Å². The van der Waals surface area contributed by atoms with Crippen LogP contribution in [0.4, 0.5) is 0 Å². The molecular formula is C16H30N2O2. The molecule has 1 unspecified atom stereocenters. The molecule has 0 bridgehead atoms. The number of rotatable bonds is 6. The first-order valence-corrected chi connectivity index (χ1v) is 8.23. The van der Waals surface area contributed by atoms with Gasteiger partial charge in [0.25, 0.3) is 0 Å². The minimum absolute atomic E-state index is 0.0505. The summed E-state index contributed by atoms with van der Waals surface area (Å²) in [5.41, 5.74) is 0.0505. The summed E-state index contributed by atoms with van der Waals surface area (Å²) >= 11 is 0. The SMILES string of the molecule is CCN(CC1CCOC1)C(=O)CC1(NC)CCCCC1. The van der Waals surface area contributed by atoms with Gasteiger partial charge in [-0.25, -0.2) is 0 Å². The highest BCUT2D eigenvalue weighted by Gasteiger charge is 2.34. The Hall–Kier alpha value is -0.610. The topological polar surface area (TPSA) is 41.6 Å². The van der Waals surface area contributed by atoms with E-state index in [9.17, 15) is 4.79 Å². The standard InChI is InChI=1S/C16H30N2O2/c1-3-18(12-14-7-10-20-13-14)15(19)11-16(17-2)8-5-4-6-9-16/h14,17H,3-13H2,1-2H3. The van der Waals surface area contributed by atoms with Crippen molar-refractivity contribution in [3.05, 3.63) is 0 Å². The predicted octanol–water partition coefficient (Wildman–Crippen LogP) is 2.18. The highest BCUT2D eigenvalue weighted by Crippen LogP contribution is 2.31. The van der Waals surface area contributed by atoms with E-state index in [-0.39, 0.29) is 5.54 Å². The second-order valence-corrected chi connectivity index (χ2v) is 6.43. The third kappa shape index (κ3) is 3.95. The maximum absolute atomic E-state index is 12.6. The molecular weight excluding hydrogens is 252 g/mol. The van der Waals surface area contributed by atoms with E-state index < -0.39 is 0 Å². The second kappa shape index (κ2) is 7.41. The number of hydrogen-bond acceptors (Lipinski definition) is 3. The average Bonchev–Trinajstić information content (AvgIpc) is 2.98. The smallest absolute Gasteiger partial charge is 0.224 e. The summed E-state index contributed by atoms with van der Waals surface area (Å²) < 4.78 is 5.42. The van der Waals surface area contributed by atoms with Crippen molar-refractivity contribution < 1.29 is 9.53 Å². The maximum atomic E-state index is 12.6. The summed E-state index contributed by atoms with van der Waals surface area (Å²) in [5, 5.41) is 3.45. The van der Waals surface area contributed by atoms with E-state index in [4.69, 9.17) is 4.74 Å². The fourth-order valence-electron chi connectivity index (χ4n) is 3.59. The van der Waals surface area contributed by atoms with E-state index in [0.717, 1.165) is 45.6 Å². The zero-order chi connectivity index (χ0) is 14.4. The first-order valence-electron chi connectivity index (χ1n) is 8.23. The van der Waals surface area contributed by atoms with Gasteiger partial charge in [-0.1, -0.05) is 19.3 Å². The molecule has 1 amide bonds. The summed E-state index contributed by atoms with van der Waals surface area (Å²) in [4.78, 5) is 14.7. The number of ether oxygens (including phenoxy) is 1. The van der Waals surface area contributed by atoms with Gasteiger partial charge in [-0.2, -0.15) is 0 Å². The van der Waals surface area contributed by atoms with Crippen molar-refractivity contribution in [2.75, 3.05) is 33.4 Å². The van der Waals surface area contributed by atoms with Gasteiger partial charge in [-0.05, 0) is 33.2 Å². The molecule has 1 aliphatic heterocycles. The molecule has 2 fully saturated rings. The minimum Gasteiger partial charge on any atom is -0.381 e. The lowest BCUT2D eigenvalue weighted by molar-refractivity contribution is -0.133. The van der Waals surface area contributed by atoms with Crippen molar-refractivity contribution in [3.63, 3.8) is 0 Å². The molecule has 1 saturated heterocycles. The summed E-state index contributed by atoms with van der Waals surface area (Å²) in [6.45, 7) is 5.45. The molecule has 116 valence electrons. The Morgan fingerprint density at radius 2 is 2.10 bits per heavy atom. The zero-order valence-electron chi connectivity index (χ0n) is 13.1. The Morgan fingerprint density at radius 1 is 1.35 bits per heavy atom. The van der Waals surface area contributed by atoms with E-state index in [2.05, 4.69) is 12.2 Å². The Bertz CT molecular complexity index is 308. The van der Waals surface area contributed by atoms with Gasteiger partial charge in [0.2, 0.25) is 5.91 Å². The van der Waals surface area contributed by atoms with E-state index in [1.165, 1.54) is 19.3 Å². The average molecular weight is 282 g/mol. The molecule has 0 aromatic rings. The molecule has 1 aliphatic carbocycles. The molecule has 0 radical (unpaired) electrons. The molecule has 1 saturated carbocycles. The summed E-state index contributed by atoms with van der Waals surface area (Å²) in [7, 11) is 2.01. The highest BCUT2D eigenvalue weighted by molar-refractivity contribution is 5.77. The number of hydrogen-bond donors (Lipinski definition) is 1. The third-order valence-corrected chi connectivity index (χ3v) is 5.07. The molecule has 4 nitrogen and oxygen atoms in total. The van der Waals surface area contributed by atoms with Gasteiger partial charge in [-0.3, -0.25) is 4.79 Å². The number of nitrogens with zero attached hydrogens (tertiary/aromatic N) is 1. The molecule has 20 heavy (non-hydrogen) atoms. The lowest BCUT2D eigenvalue weighted by atomic mass is 9.79. The van der Waals surface area contributed by atoms with Crippen molar-refractivity contribution in [2.45, 2.75) is 57.4 Å². The Morgan fingerprint density at radius 3 is 2.65 bits per heavy atom. The van der Waals surface area contributed by atoms with E-state index >= 15 is 0 Å². The van der Waals surface area contributed by atoms with Crippen LogP contribution >= 0.6 is 0 Å². The van der Waals surface area contributed by atoms with Crippen LogP contribution in [-0.2, 0) is 9.53 Å². The number of nitrogens with one attached hydrogen (secondary N) is 1. The van der Waals surface area contributed by atoms with Crippen LogP contribution in [0, 0.1) is 5.92 Å². The van der Waals surface area contributed by atoms with Crippen LogP contribution in [0.3, 0.4) is 0 Å². The van der Waals surface area contributed by atoms with Gasteiger partial charge in [0.05, 0.1) is 6.61 Å². The predicted molar refractivity (Wildman–Crippen MR) is 80.7 cm³/mol. The molecule has 4 heteroatoms. The van der Waals surface area contributed by atoms with Crippen LogP contribution in [0.2, 0.25) is 0 Å². The minimum atomic E-state index is 0.0505. The van der Waals surface area contributed by atoms with E-state index in [1.807, 2.05) is 11.9 Å². The van der Waals surface area contributed by atoms with Crippen molar-refractivity contribution in [3.8, 4) is 0 Å². The molecule has 0 aromatic carbocycles. The fraction of sp³-hybridized carbons (Fsp3) is 0.938. The van der Waals surface area contributed by atoms with E-state index in [1.54, 1.807) is 0 Å². The Labute approximate surface area is 123 Å². The third-order valence-electron chi connectivity index (χ3n) is 5.07. The molecule has 0 spiro atoms. The van der Waals surface area contributed by atoms with Crippen molar-refractivity contribution >= 4 is 5.91 Å². The quantitative estimate of drug-likeness (QED) is 0.812. The Balaban J connectivity index is 1.89. The van der Waals surface area contributed by atoms with Gasteiger partial charge in [0, 0.05) is 37.6 Å².